The van der Waals surface area contributed by atoms with Crippen LogP contribution in [0.3, 0.4) is 0 Å². The van der Waals surface area contributed by atoms with E-state index in [1.807, 2.05) is 6.07 Å². The Balaban J connectivity index is 2.06. The molecule has 9 heteroatoms. The van der Waals surface area contributed by atoms with Crippen LogP contribution in [0.1, 0.15) is 15.9 Å². The van der Waals surface area contributed by atoms with Crippen molar-refractivity contribution in [3.05, 3.63) is 56.0 Å². The van der Waals surface area contributed by atoms with Crippen molar-refractivity contribution in [2.75, 3.05) is 33.1 Å². The lowest BCUT2D eigenvalue weighted by atomic mass is 10.1. The number of hydrogen-bond donors (Lipinski definition) is 2. The summed E-state index contributed by atoms with van der Waals surface area (Å²) in [6, 6.07) is 7.95. The molecule has 0 aliphatic rings. The second-order valence-electron chi connectivity index (χ2n) is 5.54. The number of rotatable bonds is 8. The summed E-state index contributed by atoms with van der Waals surface area (Å²) >= 11 is 3.47. The molecule has 0 saturated carbocycles. The molecule has 0 unspecified atom stereocenters. The summed E-state index contributed by atoms with van der Waals surface area (Å²) in [5, 5.41) is 16.6. The van der Waals surface area contributed by atoms with Crippen LogP contribution in [0, 0.1) is 10.1 Å². The van der Waals surface area contributed by atoms with Crippen molar-refractivity contribution in [3.63, 3.8) is 0 Å². The molecule has 0 saturated heterocycles. The number of nitrogens with one attached hydrogen (secondary N) is 2. The molecule has 0 aromatic heterocycles. The first kappa shape index (κ1) is 20.5. The molecule has 27 heavy (non-hydrogen) atoms. The van der Waals surface area contributed by atoms with Crippen LogP contribution in [-0.4, -0.2) is 38.6 Å². The molecule has 0 fully saturated rings. The van der Waals surface area contributed by atoms with Gasteiger partial charge < -0.3 is 20.1 Å². The number of halogens is 1. The van der Waals surface area contributed by atoms with Crippen LogP contribution in [0.15, 0.2) is 34.8 Å². The van der Waals surface area contributed by atoms with Gasteiger partial charge in [0.05, 0.1) is 19.1 Å². The highest BCUT2D eigenvalue weighted by molar-refractivity contribution is 9.10. The van der Waals surface area contributed by atoms with Gasteiger partial charge in [-0.25, -0.2) is 0 Å². The summed E-state index contributed by atoms with van der Waals surface area (Å²) in [7, 11) is 4.70. The Hall–Kier alpha value is -2.81. The minimum atomic E-state index is -0.524. The van der Waals surface area contributed by atoms with E-state index in [2.05, 4.69) is 26.6 Å². The molecule has 0 aliphatic carbocycles. The van der Waals surface area contributed by atoms with E-state index in [9.17, 15) is 14.9 Å². The lowest BCUT2D eigenvalue weighted by Crippen LogP contribution is -2.25. The fourth-order valence-electron chi connectivity index (χ4n) is 2.54. The Morgan fingerprint density at radius 1 is 1.19 bits per heavy atom. The molecule has 0 heterocycles. The van der Waals surface area contributed by atoms with Crippen LogP contribution in [0.25, 0.3) is 0 Å². The summed E-state index contributed by atoms with van der Waals surface area (Å²) in [5.74, 6) is 0.826. The number of anilines is 1. The Kier molecular flexibility index (Phi) is 7.00. The maximum atomic E-state index is 12.3. The van der Waals surface area contributed by atoms with Crippen molar-refractivity contribution >= 4 is 33.2 Å². The van der Waals surface area contributed by atoms with Crippen molar-refractivity contribution < 1.29 is 19.2 Å². The van der Waals surface area contributed by atoms with E-state index >= 15 is 0 Å². The van der Waals surface area contributed by atoms with Crippen molar-refractivity contribution in [3.8, 4) is 11.5 Å². The van der Waals surface area contributed by atoms with E-state index in [-0.39, 0.29) is 17.2 Å². The fourth-order valence-corrected chi connectivity index (χ4v) is 3.06. The first-order valence-electron chi connectivity index (χ1n) is 8.06. The average Bonchev–Trinajstić information content (AvgIpc) is 2.67. The third kappa shape index (κ3) is 4.88. The summed E-state index contributed by atoms with van der Waals surface area (Å²) in [6.07, 6.45) is 0.545. The van der Waals surface area contributed by atoms with Gasteiger partial charge in [0.15, 0.2) is 11.5 Å². The third-order valence-corrected chi connectivity index (χ3v) is 4.70. The minimum absolute atomic E-state index is 0.146. The van der Waals surface area contributed by atoms with Crippen LogP contribution in [0.5, 0.6) is 11.5 Å². The van der Waals surface area contributed by atoms with E-state index < -0.39 is 4.92 Å². The molecule has 2 aromatic carbocycles. The molecule has 0 spiro atoms. The van der Waals surface area contributed by atoms with Gasteiger partial charge in [-0.3, -0.25) is 14.9 Å². The maximum Gasteiger partial charge on any atom is 0.293 e. The largest absolute Gasteiger partial charge is 0.493 e. The van der Waals surface area contributed by atoms with Gasteiger partial charge in [0.2, 0.25) is 0 Å². The normalized spacial score (nSPS) is 10.2. The van der Waals surface area contributed by atoms with Gasteiger partial charge in [0.25, 0.3) is 11.6 Å². The van der Waals surface area contributed by atoms with E-state index in [1.165, 1.54) is 12.1 Å². The van der Waals surface area contributed by atoms with Crippen LogP contribution in [0.2, 0.25) is 0 Å². The van der Waals surface area contributed by atoms with Crippen molar-refractivity contribution in [1.29, 1.82) is 0 Å². The highest BCUT2D eigenvalue weighted by atomic mass is 79.9. The van der Waals surface area contributed by atoms with E-state index in [1.54, 1.807) is 33.4 Å². The monoisotopic (exact) mass is 437 g/mol. The number of carbonyl (C=O) groups is 1. The Bertz CT molecular complexity index is 857. The van der Waals surface area contributed by atoms with Crippen molar-refractivity contribution in [2.45, 2.75) is 6.42 Å². The lowest BCUT2D eigenvalue weighted by molar-refractivity contribution is -0.384. The number of hydrogen-bond acceptors (Lipinski definition) is 6. The standard InChI is InChI=1S/C18H20BrN3O5/c1-20-14-5-4-12(8-15(14)22(24)25)18(23)21-7-6-11-9-16(26-2)17(27-3)10-13(11)19/h4-5,8-10,20H,6-7H2,1-3H3,(H,21,23). The Morgan fingerprint density at radius 3 is 2.44 bits per heavy atom. The molecule has 0 atom stereocenters. The third-order valence-electron chi connectivity index (χ3n) is 3.96. The smallest absolute Gasteiger partial charge is 0.293 e. The number of nitro benzene ring substituents is 1. The quantitative estimate of drug-likeness (QED) is 0.484. The predicted octanol–water partition coefficient (Wildman–Crippen LogP) is 3.39. The van der Waals surface area contributed by atoms with Gasteiger partial charge in [-0.15, -0.1) is 0 Å². The van der Waals surface area contributed by atoms with Crippen LogP contribution in [-0.2, 0) is 6.42 Å². The maximum absolute atomic E-state index is 12.3. The average molecular weight is 438 g/mol. The number of benzene rings is 2. The first-order chi connectivity index (χ1) is 12.9. The predicted molar refractivity (Wildman–Crippen MR) is 106 cm³/mol. The summed E-state index contributed by atoms with van der Waals surface area (Å²) in [5.41, 5.74) is 1.37. The fraction of sp³-hybridized carbons (Fsp3) is 0.278. The second-order valence-corrected chi connectivity index (χ2v) is 6.40. The second kappa shape index (κ2) is 9.22. The number of methoxy groups -OCH3 is 2. The lowest BCUT2D eigenvalue weighted by Gasteiger charge is -2.12. The van der Waals surface area contributed by atoms with Gasteiger partial charge >= 0.3 is 0 Å². The van der Waals surface area contributed by atoms with Crippen LogP contribution < -0.4 is 20.1 Å². The zero-order chi connectivity index (χ0) is 20.0. The van der Waals surface area contributed by atoms with Crippen molar-refractivity contribution in [2.24, 2.45) is 0 Å². The van der Waals surface area contributed by atoms with Crippen LogP contribution >= 0.6 is 15.9 Å². The molecule has 2 N–H and O–H groups in total. The first-order valence-corrected chi connectivity index (χ1v) is 8.85. The number of nitrogens with zero attached hydrogens (tertiary/aromatic N) is 1. The molecule has 2 aromatic rings. The molecule has 2 rings (SSSR count). The number of amides is 1. The molecule has 0 aliphatic heterocycles. The van der Waals surface area contributed by atoms with Gasteiger partial charge in [-0.1, -0.05) is 15.9 Å². The number of nitro groups is 1. The molecule has 8 nitrogen and oxygen atoms in total. The van der Waals surface area contributed by atoms with Crippen molar-refractivity contribution in [1.82, 2.24) is 5.32 Å². The molecule has 0 radical (unpaired) electrons. The van der Waals surface area contributed by atoms with E-state index in [4.69, 9.17) is 9.47 Å². The van der Waals surface area contributed by atoms with Gasteiger partial charge in [0.1, 0.15) is 5.69 Å². The zero-order valence-electron chi connectivity index (χ0n) is 15.2. The van der Waals surface area contributed by atoms with Crippen LogP contribution in [0.4, 0.5) is 11.4 Å². The SMILES string of the molecule is CNc1ccc(C(=O)NCCc2cc(OC)c(OC)cc2Br)cc1[N+](=O)[O-]. The molecule has 1 amide bonds. The van der Waals surface area contributed by atoms with Gasteiger partial charge in [0, 0.05) is 29.7 Å². The Morgan fingerprint density at radius 2 is 1.85 bits per heavy atom. The van der Waals surface area contributed by atoms with E-state index in [0.717, 1.165) is 10.0 Å². The molecular weight excluding hydrogens is 418 g/mol. The van der Waals surface area contributed by atoms with Gasteiger partial charge in [-0.2, -0.15) is 0 Å². The topological polar surface area (TPSA) is 103 Å². The zero-order valence-corrected chi connectivity index (χ0v) is 16.8. The highest BCUT2D eigenvalue weighted by Gasteiger charge is 2.17. The molecule has 144 valence electrons. The number of carbonyl (C=O) groups excluding carboxylic acids is 1. The molecule has 0 bridgehead atoms. The van der Waals surface area contributed by atoms with E-state index in [0.29, 0.717) is 30.2 Å². The number of ether oxygens (including phenoxy) is 2. The highest BCUT2D eigenvalue weighted by Crippen LogP contribution is 2.33. The summed E-state index contributed by atoms with van der Waals surface area (Å²) in [6.45, 7) is 0.356. The van der Waals surface area contributed by atoms with Gasteiger partial charge in [-0.05, 0) is 36.2 Å². The molecular formula is C18H20BrN3O5. The summed E-state index contributed by atoms with van der Waals surface area (Å²) in [4.78, 5) is 22.9. The summed E-state index contributed by atoms with van der Waals surface area (Å²) < 4.78 is 11.4. The minimum Gasteiger partial charge on any atom is -0.493 e. The Labute approximate surface area is 165 Å².